The molecule has 0 aliphatic carbocycles. The zero-order valence-corrected chi connectivity index (χ0v) is 14.8. The second-order valence-electron chi connectivity index (χ2n) is 6.22. The van der Waals surface area contributed by atoms with Gasteiger partial charge in [-0.15, -0.1) is 0 Å². The first-order valence-electron chi connectivity index (χ1n) is 8.26. The van der Waals surface area contributed by atoms with E-state index in [1.54, 1.807) is 24.3 Å². The lowest BCUT2D eigenvalue weighted by atomic mass is 10.1. The molecule has 2 amide bonds. The van der Waals surface area contributed by atoms with Crippen molar-refractivity contribution in [1.82, 2.24) is 5.32 Å². The minimum absolute atomic E-state index is 0.0759. The van der Waals surface area contributed by atoms with Gasteiger partial charge in [0.2, 0.25) is 11.8 Å². The molecule has 1 aliphatic heterocycles. The molecule has 1 atom stereocenters. The minimum Gasteiger partial charge on any atom is -0.351 e. The van der Waals surface area contributed by atoms with Crippen LogP contribution in [-0.4, -0.2) is 18.4 Å². The fourth-order valence-corrected chi connectivity index (χ4v) is 3.10. The molecule has 0 radical (unpaired) electrons. The summed E-state index contributed by atoms with van der Waals surface area (Å²) in [7, 11) is 0. The lowest BCUT2D eigenvalue weighted by Crippen LogP contribution is -2.36. The number of alkyl halides is 3. The van der Waals surface area contributed by atoms with E-state index < -0.39 is 23.6 Å². The average Bonchev–Trinajstić information content (AvgIpc) is 3.01. The summed E-state index contributed by atoms with van der Waals surface area (Å²) in [6.45, 7) is 0.315. The van der Waals surface area contributed by atoms with Crippen molar-refractivity contribution in [2.45, 2.75) is 19.1 Å². The van der Waals surface area contributed by atoms with Crippen molar-refractivity contribution < 1.29 is 22.8 Å². The quantitative estimate of drug-likeness (QED) is 0.793. The highest BCUT2D eigenvalue weighted by molar-refractivity contribution is 6.30. The number of anilines is 1. The van der Waals surface area contributed by atoms with Crippen molar-refractivity contribution in [1.29, 1.82) is 0 Å². The highest BCUT2D eigenvalue weighted by Gasteiger charge is 2.37. The van der Waals surface area contributed by atoms with Crippen molar-refractivity contribution in [2.24, 2.45) is 5.92 Å². The highest BCUT2D eigenvalue weighted by atomic mass is 35.5. The first kappa shape index (κ1) is 19.2. The third-order valence-electron chi connectivity index (χ3n) is 4.38. The van der Waals surface area contributed by atoms with Crippen molar-refractivity contribution in [3.05, 3.63) is 64.7 Å². The van der Waals surface area contributed by atoms with Gasteiger partial charge in [0.1, 0.15) is 5.92 Å². The van der Waals surface area contributed by atoms with Gasteiger partial charge in [0.05, 0.1) is 5.56 Å². The molecule has 142 valence electrons. The summed E-state index contributed by atoms with van der Waals surface area (Å²) in [5.74, 6) is -1.68. The van der Waals surface area contributed by atoms with E-state index in [0.29, 0.717) is 29.2 Å². The van der Waals surface area contributed by atoms with Gasteiger partial charge in [0.15, 0.2) is 0 Å². The Bertz CT molecular complexity index is 853. The molecule has 1 aliphatic rings. The summed E-state index contributed by atoms with van der Waals surface area (Å²) in [5, 5.41) is 3.10. The largest absolute Gasteiger partial charge is 0.416 e. The molecule has 0 spiro atoms. The van der Waals surface area contributed by atoms with Crippen molar-refractivity contribution in [3.8, 4) is 0 Å². The molecular weight excluding hydrogens is 381 g/mol. The fraction of sp³-hybridized carbons (Fsp3) is 0.263. The zero-order valence-electron chi connectivity index (χ0n) is 14.1. The van der Waals surface area contributed by atoms with Crippen LogP contribution in [0.2, 0.25) is 5.02 Å². The van der Waals surface area contributed by atoms with E-state index >= 15 is 0 Å². The predicted molar refractivity (Wildman–Crippen MR) is 95.2 cm³/mol. The van der Waals surface area contributed by atoms with E-state index in [-0.39, 0.29) is 12.5 Å². The molecule has 1 N–H and O–H groups in total. The smallest absolute Gasteiger partial charge is 0.351 e. The van der Waals surface area contributed by atoms with Gasteiger partial charge in [0, 0.05) is 23.8 Å². The molecule has 8 heteroatoms. The fourth-order valence-electron chi connectivity index (χ4n) is 2.97. The maximum absolute atomic E-state index is 12.7. The van der Waals surface area contributed by atoms with Gasteiger partial charge in [-0.3, -0.25) is 9.59 Å². The summed E-state index contributed by atoms with van der Waals surface area (Å²) in [6, 6.07) is 11.4. The van der Waals surface area contributed by atoms with Crippen LogP contribution in [-0.2, 0) is 22.3 Å². The molecule has 0 saturated carbocycles. The summed E-state index contributed by atoms with van der Waals surface area (Å²) in [5.41, 5.74) is 0.191. The van der Waals surface area contributed by atoms with E-state index in [1.165, 1.54) is 17.0 Å². The number of halogens is 4. The monoisotopic (exact) mass is 396 g/mol. The van der Waals surface area contributed by atoms with E-state index in [4.69, 9.17) is 11.6 Å². The third-order valence-corrected chi connectivity index (χ3v) is 4.63. The summed E-state index contributed by atoms with van der Waals surface area (Å²) in [6.07, 6.45) is -4.10. The van der Waals surface area contributed by atoms with Gasteiger partial charge in [-0.2, -0.15) is 13.2 Å². The molecule has 27 heavy (non-hydrogen) atoms. The van der Waals surface area contributed by atoms with Crippen LogP contribution in [0.15, 0.2) is 48.5 Å². The zero-order chi connectivity index (χ0) is 19.6. The van der Waals surface area contributed by atoms with Crippen molar-refractivity contribution >= 4 is 29.1 Å². The molecule has 1 saturated heterocycles. The Labute approximate surface area is 158 Å². The number of nitrogens with zero attached hydrogens (tertiary/aromatic N) is 1. The van der Waals surface area contributed by atoms with Gasteiger partial charge in [-0.1, -0.05) is 23.7 Å². The van der Waals surface area contributed by atoms with Crippen molar-refractivity contribution in [3.63, 3.8) is 0 Å². The molecular formula is C19H16ClF3N2O2. The SMILES string of the molecule is O=C(NCc1cccc(C(F)(F)F)c1)C1CCN(c2ccc(Cl)cc2)C1=O. The van der Waals surface area contributed by atoms with E-state index in [1.807, 2.05) is 0 Å². The number of benzene rings is 2. The number of carbonyl (C=O) groups is 2. The Morgan fingerprint density at radius 1 is 1.19 bits per heavy atom. The number of carbonyl (C=O) groups excluding carboxylic acids is 2. The molecule has 0 bridgehead atoms. The van der Waals surface area contributed by atoms with Crippen LogP contribution in [0.1, 0.15) is 17.5 Å². The van der Waals surface area contributed by atoms with Crippen molar-refractivity contribution in [2.75, 3.05) is 11.4 Å². The summed E-state index contributed by atoms with van der Waals surface area (Å²) in [4.78, 5) is 26.4. The second kappa shape index (κ2) is 7.60. The lowest BCUT2D eigenvalue weighted by molar-refractivity contribution is -0.137. The number of nitrogens with one attached hydrogen (secondary N) is 1. The Morgan fingerprint density at radius 3 is 2.56 bits per heavy atom. The maximum Gasteiger partial charge on any atom is 0.416 e. The lowest BCUT2D eigenvalue weighted by Gasteiger charge is -2.17. The van der Waals surface area contributed by atoms with Crippen LogP contribution >= 0.6 is 11.6 Å². The first-order valence-corrected chi connectivity index (χ1v) is 8.64. The topological polar surface area (TPSA) is 49.4 Å². The van der Waals surface area contributed by atoms with E-state index in [0.717, 1.165) is 12.1 Å². The van der Waals surface area contributed by atoms with E-state index in [9.17, 15) is 22.8 Å². The highest BCUT2D eigenvalue weighted by Crippen LogP contribution is 2.30. The molecule has 2 aromatic rings. The molecule has 1 unspecified atom stereocenters. The number of hydrogen-bond donors (Lipinski definition) is 1. The Hall–Kier alpha value is -2.54. The van der Waals surface area contributed by atoms with Crippen LogP contribution in [0.25, 0.3) is 0 Å². The molecule has 2 aromatic carbocycles. The number of hydrogen-bond acceptors (Lipinski definition) is 2. The van der Waals surface area contributed by atoms with Crippen LogP contribution in [0.5, 0.6) is 0 Å². The second-order valence-corrected chi connectivity index (χ2v) is 6.66. The molecule has 3 rings (SSSR count). The molecule has 1 fully saturated rings. The van der Waals surface area contributed by atoms with Crippen LogP contribution < -0.4 is 10.2 Å². The van der Waals surface area contributed by atoms with Crippen LogP contribution in [0, 0.1) is 5.92 Å². The number of rotatable bonds is 4. The van der Waals surface area contributed by atoms with Crippen LogP contribution in [0.3, 0.4) is 0 Å². The molecule has 0 aromatic heterocycles. The van der Waals surface area contributed by atoms with Gasteiger partial charge in [-0.25, -0.2) is 0 Å². The number of amides is 2. The first-order chi connectivity index (χ1) is 12.8. The Kier molecular flexibility index (Phi) is 5.41. The normalized spacial score (nSPS) is 17.3. The average molecular weight is 397 g/mol. The Balaban J connectivity index is 1.62. The van der Waals surface area contributed by atoms with Gasteiger partial charge in [-0.05, 0) is 48.4 Å². The molecule has 1 heterocycles. The maximum atomic E-state index is 12.7. The summed E-state index contributed by atoms with van der Waals surface area (Å²) < 4.78 is 38.2. The van der Waals surface area contributed by atoms with Gasteiger partial charge >= 0.3 is 6.18 Å². The Morgan fingerprint density at radius 2 is 1.89 bits per heavy atom. The predicted octanol–water partition coefficient (Wildman–Crippen LogP) is 4.03. The van der Waals surface area contributed by atoms with Gasteiger partial charge < -0.3 is 10.2 Å². The summed E-state index contributed by atoms with van der Waals surface area (Å²) >= 11 is 5.83. The minimum atomic E-state index is -4.44. The van der Waals surface area contributed by atoms with Gasteiger partial charge in [0.25, 0.3) is 0 Å². The third kappa shape index (κ3) is 4.42. The van der Waals surface area contributed by atoms with Crippen LogP contribution in [0.4, 0.5) is 18.9 Å². The van der Waals surface area contributed by atoms with E-state index in [2.05, 4.69) is 5.32 Å². The molecule has 4 nitrogen and oxygen atoms in total. The standard InChI is InChI=1S/C19H16ClF3N2O2/c20-14-4-6-15(7-5-14)25-9-8-16(18(25)27)17(26)24-11-12-2-1-3-13(10-12)19(21,22)23/h1-7,10,16H,8-9,11H2,(H,24,26).